The van der Waals surface area contributed by atoms with Crippen molar-refractivity contribution in [2.75, 3.05) is 10.2 Å². The molecule has 2 aromatic rings. The monoisotopic (exact) mass is 386 g/mol. The zero-order valence-electron chi connectivity index (χ0n) is 16.0. The largest absolute Gasteiger partial charge is 0.326 e. The molecular formula is C24H22N2O3. The highest BCUT2D eigenvalue weighted by molar-refractivity contribution is 6.23. The molecule has 5 heteroatoms. The summed E-state index contributed by atoms with van der Waals surface area (Å²) in [5, 5.41) is 2.89. The van der Waals surface area contributed by atoms with Crippen molar-refractivity contribution in [1.82, 2.24) is 0 Å². The third kappa shape index (κ3) is 3.07. The highest BCUT2D eigenvalue weighted by Gasteiger charge is 2.59. The van der Waals surface area contributed by atoms with Crippen LogP contribution >= 0.6 is 0 Å². The number of rotatable bonds is 5. The van der Waals surface area contributed by atoms with E-state index < -0.39 is 0 Å². The Labute approximate surface area is 169 Å². The lowest BCUT2D eigenvalue weighted by atomic mass is 9.85. The number of imide groups is 1. The maximum atomic E-state index is 13.0. The van der Waals surface area contributed by atoms with Crippen LogP contribution in [-0.2, 0) is 20.8 Å². The third-order valence-corrected chi connectivity index (χ3v) is 6.34. The van der Waals surface area contributed by atoms with Crippen molar-refractivity contribution in [2.24, 2.45) is 23.7 Å². The normalized spacial score (nSPS) is 26.8. The van der Waals surface area contributed by atoms with Crippen LogP contribution in [0.5, 0.6) is 0 Å². The van der Waals surface area contributed by atoms with E-state index in [0.717, 1.165) is 12.0 Å². The third-order valence-electron chi connectivity index (χ3n) is 6.34. The van der Waals surface area contributed by atoms with E-state index in [4.69, 9.17) is 0 Å². The lowest BCUT2D eigenvalue weighted by Crippen LogP contribution is -2.32. The first-order valence-electron chi connectivity index (χ1n) is 10.1. The van der Waals surface area contributed by atoms with Gasteiger partial charge in [-0.05, 0) is 48.4 Å². The van der Waals surface area contributed by atoms with Gasteiger partial charge in [-0.15, -0.1) is 0 Å². The fraction of sp³-hybridized carbons (Fsp3) is 0.292. The maximum Gasteiger partial charge on any atom is 0.238 e. The number of hydrogen-bond donors (Lipinski definition) is 1. The van der Waals surface area contributed by atoms with Gasteiger partial charge in [0.15, 0.2) is 0 Å². The molecule has 5 nitrogen and oxygen atoms in total. The van der Waals surface area contributed by atoms with Gasteiger partial charge in [0.25, 0.3) is 0 Å². The molecule has 146 valence electrons. The minimum atomic E-state index is -0.221. The summed E-state index contributed by atoms with van der Waals surface area (Å²) in [4.78, 5) is 39.6. The Bertz CT molecular complexity index is 984. The van der Waals surface area contributed by atoms with Crippen LogP contribution in [0.15, 0.2) is 66.7 Å². The lowest BCUT2D eigenvalue weighted by Gasteiger charge is -2.18. The minimum Gasteiger partial charge on any atom is -0.326 e. The number of carbonyl (C=O) groups excluding carboxylic acids is 3. The van der Waals surface area contributed by atoms with Crippen LogP contribution in [0.2, 0.25) is 0 Å². The number of nitrogens with one attached hydrogen (secondary N) is 1. The smallest absolute Gasteiger partial charge is 0.238 e. The summed E-state index contributed by atoms with van der Waals surface area (Å²) in [5.74, 6) is -0.374. The molecule has 3 aliphatic rings. The topological polar surface area (TPSA) is 66.5 Å². The van der Waals surface area contributed by atoms with Crippen LogP contribution in [0.1, 0.15) is 18.4 Å². The Hall–Kier alpha value is -3.21. The molecule has 2 bridgehead atoms. The average Bonchev–Trinajstić information content (AvgIpc) is 3.41. The molecule has 2 fully saturated rings. The molecule has 2 aromatic carbocycles. The summed E-state index contributed by atoms with van der Waals surface area (Å²) in [7, 11) is 0. The summed E-state index contributed by atoms with van der Waals surface area (Å²) in [6.45, 7) is 0. The summed E-state index contributed by atoms with van der Waals surface area (Å²) in [6.07, 6.45) is 6.12. The molecule has 0 spiro atoms. The van der Waals surface area contributed by atoms with Crippen LogP contribution < -0.4 is 10.2 Å². The van der Waals surface area contributed by atoms with Crippen molar-refractivity contribution >= 4 is 29.1 Å². The highest BCUT2D eigenvalue weighted by atomic mass is 16.2. The van der Waals surface area contributed by atoms with Gasteiger partial charge in [0, 0.05) is 12.1 Å². The summed E-state index contributed by atoms with van der Waals surface area (Å²) in [6, 6.07) is 16.9. The van der Waals surface area contributed by atoms with Crippen LogP contribution in [0.3, 0.4) is 0 Å². The molecule has 1 saturated heterocycles. The highest BCUT2D eigenvalue weighted by Crippen LogP contribution is 2.53. The molecule has 2 aliphatic carbocycles. The van der Waals surface area contributed by atoms with Gasteiger partial charge in [-0.25, -0.2) is 4.90 Å². The molecule has 29 heavy (non-hydrogen) atoms. The first-order chi connectivity index (χ1) is 14.1. The Balaban J connectivity index is 1.28. The van der Waals surface area contributed by atoms with Gasteiger partial charge in [-0.3, -0.25) is 14.4 Å². The summed E-state index contributed by atoms with van der Waals surface area (Å²) >= 11 is 0. The molecule has 0 radical (unpaired) electrons. The zero-order chi connectivity index (χ0) is 20.0. The van der Waals surface area contributed by atoms with Gasteiger partial charge in [0.2, 0.25) is 17.7 Å². The van der Waals surface area contributed by atoms with Gasteiger partial charge >= 0.3 is 0 Å². The molecule has 0 aromatic heterocycles. The zero-order valence-corrected chi connectivity index (χ0v) is 16.0. The molecule has 1 saturated carbocycles. The molecule has 3 amide bonds. The second kappa shape index (κ2) is 6.99. The quantitative estimate of drug-likeness (QED) is 0.631. The van der Waals surface area contributed by atoms with Crippen molar-refractivity contribution in [1.29, 1.82) is 0 Å². The Kier molecular flexibility index (Phi) is 4.31. The van der Waals surface area contributed by atoms with Crippen molar-refractivity contribution in [3.63, 3.8) is 0 Å². The second-order valence-corrected chi connectivity index (χ2v) is 8.10. The maximum absolute atomic E-state index is 13.0. The van der Waals surface area contributed by atoms with E-state index in [-0.39, 0.29) is 41.4 Å². The van der Waals surface area contributed by atoms with E-state index in [9.17, 15) is 14.4 Å². The van der Waals surface area contributed by atoms with E-state index in [2.05, 4.69) is 17.5 Å². The number of aryl methyl sites for hydroxylation is 1. The van der Waals surface area contributed by atoms with Crippen LogP contribution in [0, 0.1) is 23.7 Å². The van der Waals surface area contributed by atoms with Crippen LogP contribution in [0.25, 0.3) is 0 Å². The number of carbonyl (C=O) groups is 3. The Morgan fingerprint density at radius 2 is 1.62 bits per heavy atom. The summed E-state index contributed by atoms with van der Waals surface area (Å²) in [5.41, 5.74) is 2.24. The van der Waals surface area contributed by atoms with E-state index in [1.807, 2.05) is 30.3 Å². The number of amides is 3. The molecule has 1 aliphatic heterocycles. The fourth-order valence-electron chi connectivity index (χ4n) is 5.01. The van der Waals surface area contributed by atoms with E-state index in [1.54, 1.807) is 24.3 Å². The van der Waals surface area contributed by atoms with Crippen molar-refractivity contribution in [2.45, 2.75) is 19.3 Å². The molecule has 1 heterocycles. The standard InChI is InChI=1S/C24H22N2O3/c27-20(12-9-15-5-2-1-3-6-15)25-18-7-4-8-19(14-18)26-23(28)21-16-10-11-17(13-16)22(21)24(26)29/h1-8,10-11,14,16-17,21-22H,9,12-13H2,(H,25,27)/t16-,17-,21+,22+/m1/s1. The SMILES string of the molecule is O=C(CCc1ccccc1)Nc1cccc(N2C(=O)[C@@H]3[C@@H](C2=O)[C@@H]2C=C[C@@H]3C2)c1. The first-order valence-corrected chi connectivity index (χ1v) is 10.1. The fourth-order valence-corrected chi connectivity index (χ4v) is 5.01. The van der Waals surface area contributed by atoms with Crippen molar-refractivity contribution in [3.05, 3.63) is 72.3 Å². The van der Waals surface area contributed by atoms with Crippen molar-refractivity contribution in [3.8, 4) is 0 Å². The Morgan fingerprint density at radius 3 is 2.31 bits per heavy atom. The minimum absolute atomic E-state index is 0.0933. The van der Waals surface area contributed by atoms with Gasteiger partial charge in [0.1, 0.15) is 0 Å². The number of nitrogens with zero attached hydrogens (tertiary/aromatic N) is 1. The van der Waals surface area contributed by atoms with Crippen LogP contribution in [-0.4, -0.2) is 17.7 Å². The molecular weight excluding hydrogens is 364 g/mol. The van der Waals surface area contributed by atoms with E-state index in [1.165, 1.54) is 4.90 Å². The molecule has 1 N–H and O–H groups in total. The van der Waals surface area contributed by atoms with E-state index >= 15 is 0 Å². The number of hydrogen-bond acceptors (Lipinski definition) is 3. The summed E-state index contributed by atoms with van der Waals surface area (Å²) < 4.78 is 0. The number of allylic oxidation sites excluding steroid dienone is 2. The van der Waals surface area contributed by atoms with Crippen LogP contribution in [0.4, 0.5) is 11.4 Å². The number of fused-ring (bicyclic) bond motifs is 5. The van der Waals surface area contributed by atoms with Gasteiger partial charge < -0.3 is 5.32 Å². The van der Waals surface area contributed by atoms with Gasteiger partial charge in [-0.2, -0.15) is 0 Å². The predicted molar refractivity (Wildman–Crippen MR) is 110 cm³/mol. The number of anilines is 2. The number of benzene rings is 2. The van der Waals surface area contributed by atoms with Gasteiger partial charge in [0.05, 0.1) is 17.5 Å². The van der Waals surface area contributed by atoms with Crippen molar-refractivity contribution < 1.29 is 14.4 Å². The van der Waals surface area contributed by atoms with E-state index in [0.29, 0.717) is 24.2 Å². The van der Waals surface area contributed by atoms with Gasteiger partial charge in [-0.1, -0.05) is 48.6 Å². The molecule has 4 atom stereocenters. The lowest BCUT2D eigenvalue weighted by molar-refractivity contribution is -0.123. The second-order valence-electron chi connectivity index (χ2n) is 8.10. The predicted octanol–water partition coefficient (Wildman–Crippen LogP) is 3.57. The Morgan fingerprint density at radius 1 is 0.931 bits per heavy atom. The molecule has 5 rings (SSSR count). The molecule has 0 unspecified atom stereocenters. The first kappa shape index (κ1) is 17.9. The average molecular weight is 386 g/mol.